The molecular formula is C24H34N4O. The van der Waals surface area contributed by atoms with Crippen LogP contribution in [0.5, 0.6) is 0 Å². The zero-order chi connectivity index (χ0) is 20.3. The van der Waals surface area contributed by atoms with E-state index in [1.807, 2.05) is 0 Å². The highest BCUT2D eigenvalue weighted by molar-refractivity contribution is 5.79. The second kappa shape index (κ2) is 11.6. The Morgan fingerprint density at radius 2 is 1.69 bits per heavy atom. The van der Waals surface area contributed by atoms with E-state index >= 15 is 0 Å². The molecule has 0 atom stereocenters. The van der Waals surface area contributed by atoms with Crippen molar-refractivity contribution in [3.05, 3.63) is 70.8 Å². The van der Waals surface area contributed by atoms with Gasteiger partial charge in [-0.15, -0.1) is 0 Å². The normalized spacial score (nSPS) is 14.9. The van der Waals surface area contributed by atoms with Crippen molar-refractivity contribution in [3.8, 4) is 0 Å². The molecular weight excluding hydrogens is 360 g/mol. The summed E-state index contributed by atoms with van der Waals surface area (Å²) in [6.07, 6.45) is 2.68. The standard InChI is InChI=1S/C24H34N4O/c1-3-25-24(27-17-22-7-6-8-23(15-22)19-29-2)26-16-20-9-11-21(12-10-20)18-28-13-4-5-14-28/h6-12,15H,3-5,13-14,16-19H2,1-2H3,(H2,25,26,27). The van der Waals surface area contributed by atoms with Gasteiger partial charge in [-0.2, -0.15) is 0 Å². The molecule has 0 bridgehead atoms. The van der Waals surface area contributed by atoms with Crippen LogP contribution < -0.4 is 10.6 Å². The van der Waals surface area contributed by atoms with Crippen molar-refractivity contribution >= 4 is 5.96 Å². The van der Waals surface area contributed by atoms with E-state index in [2.05, 4.69) is 71.0 Å². The Labute approximate surface area is 175 Å². The largest absolute Gasteiger partial charge is 0.380 e. The lowest BCUT2D eigenvalue weighted by atomic mass is 10.1. The molecule has 0 amide bonds. The SMILES string of the molecule is CCNC(=NCc1cccc(COC)c1)NCc1ccc(CN2CCCC2)cc1. The van der Waals surface area contributed by atoms with Crippen LogP contribution >= 0.6 is 0 Å². The van der Waals surface area contributed by atoms with Gasteiger partial charge in [0, 0.05) is 26.7 Å². The van der Waals surface area contributed by atoms with Gasteiger partial charge in [0.1, 0.15) is 0 Å². The minimum Gasteiger partial charge on any atom is -0.380 e. The first-order valence-electron chi connectivity index (χ1n) is 10.7. The molecule has 0 aromatic heterocycles. The highest BCUT2D eigenvalue weighted by Gasteiger charge is 2.11. The molecule has 0 spiro atoms. The predicted octanol–water partition coefficient (Wildman–Crippen LogP) is 3.68. The van der Waals surface area contributed by atoms with Gasteiger partial charge in [0.15, 0.2) is 5.96 Å². The summed E-state index contributed by atoms with van der Waals surface area (Å²) in [6, 6.07) is 17.3. The van der Waals surface area contributed by atoms with Gasteiger partial charge < -0.3 is 15.4 Å². The Balaban J connectivity index is 1.53. The molecule has 1 aliphatic heterocycles. The highest BCUT2D eigenvalue weighted by Crippen LogP contribution is 2.13. The van der Waals surface area contributed by atoms with Crippen molar-refractivity contribution in [1.29, 1.82) is 0 Å². The first kappa shape index (κ1) is 21.3. The molecule has 2 aromatic carbocycles. The van der Waals surface area contributed by atoms with Crippen LogP contribution in [-0.4, -0.2) is 37.6 Å². The van der Waals surface area contributed by atoms with E-state index < -0.39 is 0 Å². The van der Waals surface area contributed by atoms with E-state index in [9.17, 15) is 0 Å². The second-order valence-corrected chi connectivity index (χ2v) is 7.60. The van der Waals surface area contributed by atoms with Gasteiger partial charge in [0.2, 0.25) is 0 Å². The Morgan fingerprint density at radius 1 is 0.966 bits per heavy atom. The molecule has 0 radical (unpaired) electrons. The molecule has 29 heavy (non-hydrogen) atoms. The Morgan fingerprint density at radius 3 is 2.41 bits per heavy atom. The Hall–Kier alpha value is -2.37. The molecule has 3 rings (SSSR count). The first-order valence-corrected chi connectivity index (χ1v) is 10.7. The van der Waals surface area contributed by atoms with Crippen LogP contribution in [0.2, 0.25) is 0 Å². The molecule has 156 valence electrons. The second-order valence-electron chi connectivity index (χ2n) is 7.60. The number of rotatable bonds is 9. The van der Waals surface area contributed by atoms with Crippen LogP contribution in [-0.2, 0) is 31.0 Å². The van der Waals surface area contributed by atoms with Crippen molar-refractivity contribution < 1.29 is 4.74 Å². The zero-order valence-electron chi connectivity index (χ0n) is 17.8. The Bertz CT molecular complexity index is 767. The smallest absolute Gasteiger partial charge is 0.191 e. The topological polar surface area (TPSA) is 48.9 Å². The van der Waals surface area contributed by atoms with Gasteiger partial charge >= 0.3 is 0 Å². The fraction of sp³-hybridized carbons (Fsp3) is 0.458. The van der Waals surface area contributed by atoms with E-state index in [0.717, 1.165) is 25.6 Å². The molecule has 1 saturated heterocycles. The van der Waals surface area contributed by atoms with Crippen molar-refractivity contribution in [2.75, 3.05) is 26.7 Å². The van der Waals surface area contributed by atoms with Crippen molar-refractivity contribution in [1.82, 2.24) is 15.5 Å². The number of likely N-dealkylation sites (tertiary alicyclic amines) is 1. The summed E-state index contributed by atoms with van der Waals surface area (Å²) in [5.41, 5.74) is 5.02. The number of methoxy groups -OCH3 is 1. The van der Waals surface area contributed by atoms with Crippen molar-refractivity contribution in [2.45, 2.75) is 46.0 Å². The van der Waals surface area contributed by atoms with Crippen LogP contribution in [0.25, 0.3) is 0 Å². The lowest BCUT2D eigenvalue weighted by molar-refractivity contribution is 0.185. The summed E-state index contributed by atoms with van der Waals surface area (Å²) in [4.78, 5) is 7.27. The third-order valence-corrected chi connectivity index (χ3v) is 5.15. The van der Waals surface area contributed by atoms with Gasteiger partial charge in [-0.1, -0.05) is 48.5 Å². The fourth-order valence-electron chi connectivity index (χ4n) is 3.64. The van der Waals surface area contributed by atoms with Crippen LogP contribution in [0.3, 0.4) is 0 Å². The quantitative estimate of drug-likeness (QED) is 0.503. The van der Waals surface area contributed by atoms with Gasteiger partial charge in [0.05, 0.1) is 13.2 Å². The zero-order valence-corrected chi connectivity index (χ0v) is 17.8. The van der Waals surface area contributed by atoms with Gasteiger partial charge in [-0.25, -0.2) is 4.99 Å². The number of guanidine groups is 1. The molecule has 0 aliphatic carbocycles. The van der Waals surface area contributed by atoms with Gasteiger partial charge in [-0.05, 0) is 55.1 Å². The van der Waals surface area contributed by atoms with E-state index in [1.165, 1.54) is 48.2 Å². The lowest BCUT2D eigenvalue weighted by Crippen LogP contribution is -2.36. The van der Waals surface area contributed by atoms with Crippen LogP contribution in [0.4, 0.5) is 0 Å². The fourth-order valence-corrected chi connectivity index (χ4v) is 3.64. The maximum absolute atomic E-state index is 5.22. The number of hydrogen-bond acceptors (Lipinski definition) is 3. The minimum atomic E-state index is 0.629. The minimum absolute atomic E-state index is 0.629. The van der Waals surface area contributed by atoms with Gasteiger partial charge in [0.25, 0.3) is 0 Å². The lowest BCUT2D eigenvalue weighted by Gasteiger charge is -2.15. The summed E-state index contributed by atoms with van der Waals surface area (Å²) in [5.74, 6) is 0.839. The summed E-state index contributed by atoms with van der Waals surface area (Å²) < 4.78 is 5.22. The number of hydrogen-bond donors (Lipinski definition) is 2. The molecule has 1 aliphatic rings. The molecule has 0 saturated carbocycles. The molecule has 0 unspecified atom stereocenters. The van der Waals surface area contributed by atoms with Crippen LogP contribution in [0, 0.1) is 0 Å². The maximum Gasteiger partial charge on any atom is 0.191 e. The van der Waals surface area contributed by atoms with E-state index in [0.29, 0.717) is 13.2 Å². The molecule has 2 N–H and O–H groups in total. The average molecular weight is 395 g/mol. The summed E-state index contributed by atoms with van der Waals surface area (Å²) in [7, 11) is 1.72. The maximum atomic E-state index is 5.22. The van der Waals surface area contributed by atoms with E-state index in [1.54, 1.807) is 7.11 Å². The molecule has 1 heterocycles. The number of aliphatic imine (C=N–C) groups is 1. The van der Waals surface area contributed by atoms with Crippen molar-refractivity contribution in [2.24, 2.45) is 4.99 Å². The first-order chi connectivity index (χ1) is 14.3. The van der Waals surface area contributed by atoms with Crippen molar-refractivity contribution in [3.63, 3.8) is 0 Å². The number of nitrogens with zero attached hydrogens (tertiary/aromatic N) is 2. The monoisotopic (exact) mass is 394 g/mol. The number of nitrogens with one attached hydrogen (secondary N) is 2. The number of ether oxygens (including phenoxy) is 1. The predicted molar refractivity (Wildman–Crippen MR) is 120 cm³/mol. The van der Waals surface area contributed by atoms with Gasteiger partial charge in [-0.3, -0.25) is 4.90 Å². The van der Waals surface area contributed by atoms with Crippen LogP contribution in [0.15, 0.2) is 53.5 Å². The average Bonchev–Trinajstić information content (AvgIpc) is 3.25. The van der Waals surface area contributed by atoms with E-state index in [4.69, 9.17) is 9.73 Å². The highest BCUT2D eigenvalue weighted by atomic mass is 16.5. The summed E-state index contributed by atoms with van der Waals surface area (Å²) in [6.45, 7) is 8.50. The molecule has 5 nitrogen and oxygen atoms in total. The number of benzene rings is 2. The van der Waals surface area contributed by atoms with Crippen LogP contribution in [0.1, 0.15) is 42.0 Å². The molecule has 2 aromatic rings. The Kier molecular flexibility index (Phi) is 8.53. The van der Waals surface area contributed by atoms with E-state index in [-0.39, 0.29) is 0 Å². The third kappa shape index (κ3) is 7.18. The summed E-state index contributed by atoms with van der Waals surface area (Å²) >= 11 is 0. The summed E-state index contributed by atoms with van der Waals surface area (Å²) in [5, 5.41) is 6.77. The third-order valence-electron chi connectivity index (χ3n) is 5.15. The molecule has 5 heteroatoms. The molecule has 1 fully saturated rings.